The van der Waals surface area contributed by atoms with Gasteiger partial charge in [0.25, 0.3) is 0 Å². The van der Waals surface area contributed by atoms with Crippen molar-refractivity contribution in [2.24, 2.45) is 4.99 Å². The monoisotopic (exact) mass is 447 g/mol. The lowest BCUT2D eigenvalue weighted by molar-refractivity contribution is 0.313. The van der Waals surface area contributed by atoms with E-state index >= 15 is 0 Å². The second-order valence-electron chi connectivity index (χ2n) is 9.20. The van der Waals surface area contributed by atoms with Crippen molar-refractivity contribution in [1.29, 1.82) is 0 Å². The van der Waals surface area contributed by atoms with E-state index in [4.69, 9.17) is 0 Å². The minimum absolute atomic E-state index is 0.680. The highest BCUT2D eigenvalue weighted by Gasteiger charge is 2.15. The molecule has 0 saturated carbocycles. The van der Waals surface area contributed by atoms with Crippen LogP contribution in [0, 0.1) is 0 Å². The van der Waals surface area contributed by atoms with Gasteiger partial charge in [0.15, 0.2) is 0 Å². The Hall–Kier alpha value is -3.83. The van der Waals surface area contributed by atoms with Crippen LogP contribution in [0.15, 0.2) is 84.1 Å². The second kappa shape index (κ2) is 8.84. The molecule has 3 aromatic carbocycles. The Morgan fingerprint density at radius 2 is 1.68 bits per heavy atom. The van der Waals surface area contributed by atoms with Gasteiger partial charge in [0.1, 0.15) is 0 Å². The van der Waals surface area contributed by atoms with E-state index in [0.717, 1.165) is 42.9 Å². The molecular weight excluding hydrogens is 418 g/mol. The van der Waals surface area contributed by atoms with Crippen LogP contribution in [0.3, 0.4) is 0 Å². The second-order valence-corrected chi connectivity index (χ2v) is 9.20. The number of aromatic amines is 1. The molecule has 0 unspecified atom stereocenters. The summed E-state index contributed by atoms with van der Waals surface area (Å²) in [5.74, 6) is 0. The first-order valence-corrected chi connectivity index (χ1v) is 11.9. The number of fused-ring (bicyclic) bond motifs is 2. The van der Waals surface area contributed by atoms with Gasteiger partial charge in [0.05, 0.1) is 6.54 Å². The Morgan fingerprint density at radius 3 is 2.53 bits per heavy atom. The summed E-state index contributed by atoms with van der Waals surface area (Å²) < 4.78 is 0. The van der Waals surface area contributed by atoms with Crippen molar-refractivity contribution in [3.63, 3.8) is 0 Å². The summed E-state index contributed by atoms with van der Waals surface area (Å²) in [4.78, 5) is 12.7. The van der Waals surface area contributed by atoms with Gasteiger partial charge in [0, 0.05) is 61.7 Å². The van der Waals surface area contributed by atoms with E-state index in [-0.39, 0.29) is 0 Å². The Kier molecular flexibility index (Phi) is 5.40. The zero-order chi connectivity index (χ0) is 22.9. The molecule has 0 bridgehead atoms. The lowest BCUT2D eigenvalue weighted by Crippen LogP contribution is -2.44. The first-order valence-electron chi connectivity index (χ1n) is 11.9. The maximum Gasteiger partial charge on any atom is 0.0660 e. The molecular formula is C29H29N5. The quantitative estimate of drug-likeness (QED) is 0.436. The maximum absolute atomic E-state index is 4.58. The lowest BCUT2D eigenvalue weighted by atomic mass is 9.93. The number of piperazine rings is 1. The molecule has 5 nitrogen and oxygen atoms in total. The molecule has 2 aliphatic heterocycles. The van der Waals surface area contributed by atoms with Gasteiger partial charge >= 0.3 is 0 Å². The highest BCUT2D eigenvalue weighted by atomic mass is 15.2. The van der Waals surface area contributed by atoms with Gasteiger partial charge in [-0.05, 0) is 88.8 Å². The summed E-state index contributed by atoms with van der Waals surface area (Å²) in [6.45, 7) is 5.09. The topological polar surface area (TPSA) is 46.7 Å². The number of likely N-dealkylation sites (N-methyl/N-ethyl adjacent to an activating group) is 1. The Morgan fingerprint density at radius 1 is 0.882 bits per heavy atom. The molecule has 4 aromatic rings. The molecule has 0 amide bonds. The van der Waals surface area contributed by atoms with Crippen molar-refractivity contribution in [3.8, 4) is 11.1 Å². The predicted molar refractivity (Wildman–Crippen MR) is 144 cm³/mol. The van der Waals surface area contributed by atoms with Crippen molar-refractivity contribution < 1.29 is 0 Å². The standard InChI is InChI=1S/C29H29N5/c1-33-12-14-34(15-13-33)27-7-5-26(6-8-27)32-20-25-19-30-18-24-3-2-22(17-28(24)25)21-4-9-29-23(16-21)10-11-31-29/h2-11,16-18,20,31-32H,12-15,19H2,1H3. The van der Waals surface area contributed by atoms with Crippen molar-refractivity contribution in [2.45, 2.75) is 0 Å². The van der Waals surface area contributed by atoms with E-state index in [1.54, 1.807) is 0 Å². The molecule has 1 aromatic heterocycles. The Labute approximate surface area is 200 Å². The normalized spacial score (nSPS) is 17.3. The van der Waals surface area contributed by atoms with Gasteiger partial charge < -0.3 is 20.1 Å². The third kappa shape index (κ3) is 4.11. The number of aromatic nitrogens is 1. The van der Waals surface area contributed by atoms with Crippen LogP contribution in [0.25, 0.3) is 27.6 Å². The fraction of sp³-hybridized carbons (Fsp3) is 0.207. The highest BCUT2D eigenvalue weighted by Crippen LogP contribution is 2.30. The first-order chi connectivity index (χ1) is 16.7. The lowest BCUT2D eigenvalue weighted by Gasteiger charge is -2.34. The molecule has 2 aliphatic rings. The summed E-state index contributed by atoms with van der Waals surface area (Å²) in [7, 11) is 2.19. The molecule has 170 valence electrons. The Bertz CT molecular complexity index is 1370. The van der Waals surface area contributed by atoms with E-state index in [1.165, 1.54) is 33.3 Å². The molecule has 2 N–H and O–H groups in total. The number of hydrogen-bond acceptors (Lipinski definition) is 4. The van der Waals surface area contributed by atoms with E-state index < -0.39 is 0 Å². The maximum atomic E-state index is 4.58. The minimum Gasteiger partial charge on any atom is -0.369 e. The summed E-state index contributed by atoms with van der Waals surface area (Å²) in [6, 6.07) is 24.1. The van der Waals surface area contributed by atoms with E-state index in [0.29, 0.717) is 6.54 Å². The van der Waals surface area contributed by atoms with Crippen molar-refractivity contribution >= 4 is 34.1 Å². The van der Waals surface area contributed by atoms with Gasteiger partial charge in [-0.3, -0.25) is 4.99 Å². The van der Waals surface area contributed by atoms with E-state index in [9.17, 15) is 0 Å². The fourth-order valence-electron chi connectivity index (χ4n) is 4.81. The SMILES string of the molecule is CN1CCN(c2ccc(NC=C3CN=Cc4ccc(-c5ccc6[nH]ccc6c5)cc43)cc2)CC1. The number of benzene rings is 3. The zero-order valence-corrected chi connectivity index (χ0v) is 19.5. The van der Waals surface area contributed by atoms with Gasteiger partial charge in [-0.15, -0.1) is 0 Å². The van der Waals surface area contributed by atoms with Crippen LogP contribution in [0.1, 0.15) is 11.1 Å². The molecule has 3 heterocycles. The average molecular weight is 448 g/mol. The molecule has 0 radical (unpaired) electrons. The predicted octanol–water partition coefficient (Wildman–Crippen LogP) is 5.47. The van der Waals surface area contributed by atoms with Gasteiger partial charge in [0.2, 0.25) is 0 Å². The summed E-state index contributed by atoms with van der Waals surface area (Å²) in [6.07, 6.45) is 6.08. The van der Waals surface area contributed by atoms with Crippen LogP contribution in [-0.4, -0.2) is 55.9 Å². The van der Waals surface area contributed by atoms with Gasteiger partial charge in [-0.2, -0.15) is 0 Å². The van der Waals surface area contributed by atoms with Gasteiger partial charge in [-0.1, -0.05) is 18.2 Å². The molecule has 6 rings (SSSR count). The molecule has 34 heavy (non-hydrogen) atoms. The Balaban J connectivity index is 1.22. The van der Waals surface area contributed by atoms with Crippen molar-refractivity contribution in [1.82, 2.24) is 9.88 Å². The summed E-state index contributed by atoms with van der Waals surface area (Å²) >= 11 is 0. The molecule has 1 saturated heterocycles. The highest BCUT2D eigenvalue weighted by molar-refractivity contribution is 5.94. The number of rotatable bonds is 4. The molecule has 5 heteroatoms. The van der Waals surface area contributed by atoms with E-state index in [1.807, 2.05) is 12.4 Å². The van der Waals surface area contributed by atoms with Crippen molar-refractivity contribution in [3.05, 3.63) is 90.3 Å². The molecule has 0 spiro atoms. The van der Waals surface area contributed by atoms with Crippen LogP contribution in [-0.2, 0) is 0 Å². The van der Waals surface area contributed by atoms with Crippen LogP contribution in [0.4, 0.5) is 11.4 Å². The largest absolute Gasteiger partial charge is 0.369 e. The minimum atomic E-state index is 0.680. The number of H-pyrrole nitrogens is 1. The van der Waals surface area contributed by atoms with Crippen LogP contribution in [0.2, 0.25) is 0 Å². The number of nitrogens with zero attached hydrogens (tertiary/aromatic N) is 3. The third-order valence-corrected chi connectivity index (χ3v) is 6.93. The number of anilines is 2. The molecule has 1 fully saturated rings. The molecule has 0 atom stereocenters. The van der Waals surface area contributed by atoms with Crippen LogP contribution in [0.5, 0.6) is 0 Å². The number of nitrogens with one attached hydrogen (secondary N) is 2. The van der Waals surface area contributed by atoms with E-state index in [2.05, 4.69) is 105 Å². The van der Waals surface area contributed by atoms with Crippen molar-refractivity contribution in [2.75, 3.05) is 50.0 Å². The van der Waals surface area contributed by atoms with Gasteiger partial charge in [-0.25, -0.2) is 0 Å². The van der Waals surface area contributed by atoms with Crippen LogP contribution >= 0.6 is 0 Å². The third-order valence-electron chi connectivity index (χ3n) is 6.93. The van der Waals surface area contributed by atoms with Crippen LogP contribution < -0.4 is 10.2 Å². The smallest absolute Gasteiger partial charge is 0.0660 e. The number of aliphatic imine (C=N–C) groups is 1. The molecule has 0 aliphatic carbocycles. The average Bonchev–Trinajstić information content (AvgIpc) is 3.36. The summed E-state index contributed by atoms with van der Waals surface area (Å²) in [5, 5.41) is 4.74. The fourth-order valence-corrected chi connectivity index (χ4v) is 4.81. The first kappa shape index (κ1) is 20.8. The number of hydrogen-bond donors (Lipinski definition) is 2. The summed E-state index contributed by atoms with van der Waals surface area (Å²) in [5.41, 5.74) is 9.60. The zero-order valence-electron chi connectivity index (χ0n) is 19.5.